The fourth-order valence-electron chi connectivity index (χ4n) is 2.02. The fraction of sp³-hybridized carbons (Fsp3) is 0.333. The first-order valence-electron chi connectivity index (χ1n) is 5.74. The van der Waals surface area contributed by atoms with Crippen LogP contribution in [-0.2, 0) is 11.2 Å². The monoisotopic (exact) mass is 263 g/mol. The zero-order chi connectivity index (χ0) is 14.2. The number of aryl methyl sites for hydroxylation is 2. The Morgan fingerprint density at radius 1 is 1.26 bits per heavy atom. The van der Waals surface area contributed by atoms with Gasteiger partial charge in [-0.3, -0.25) is 20.2 Å². The van der Waals surface area contributed by atoms with Crippen molar-refractivity contribution in [1.82, 2.24) is 10.6 Å². The quantitative estimate of drug-likeness (QED) is 0.481. The number of nitrogens with one attached hydrogen (secondary N) is 2. The number of nitro benzene ring substituents is 1. The minimum Gasteiger partial charge on any atom is -0.326 e. The van der Waals surface area contributed by atoms with E-state index in [4.69, 9.17) is 0 Å². The van der Waals surface area contributed by atoms with Crippen LogP contribution in [0.15, 0.2) is 12.1 Å². The highest BCUT2D eigenvalue weighted by atomic mass is 16.6. The van der Waals surface area contributed by atoms with Crippen LogP contribution >= 0.6 is 0 Å². The molecule has 1 aliphatic rings. The van der Waals surface area contributed by atoms with Crippen molar-refractivity contribution in [3.8, 4) is 0 Å². The normalized spacial score (nSPS) is 18.1. The third-order valence-corrected chi connectivity index (χ3v) is 3.17. The van der Waals surface area contributed by atoms with E-state index in [0.29, 0.717) is 5.56 Å². The SMILES string of the molecule is Cc1cc(CC2NC(=O)NC2=O)c([N+](=O)[O-])cc1C. The van der Waals surface area contributed by atoms with Crippen molar-refractivity contribution < 1.29 is 14.5 Å². The number of nitro groups is 1. The van der Waals surface area contributed by atoms with Gasteiger partial charge in [0.2, 0.25) is 0 Å². The molecule has 19 heavy (non-hydrogen) atoms. The van der Waals surface area contributed by atoms with E-state index in [1.165, 1.54) is 6.07 Å². The van der Waals surface area contributed by atoms with Crippen molar-refractivity contribution >= 4 is 17.6 Å². The molecule has 3 amide bonds. The van der Waals surface area contributed by atoms with Gasteiger partial charge in [0.1, 0.15) is 6.04 Å². The minimum absolute atomic E-state index is 0.0305. The highest BCUT2D eigenvalue weighted by molar-refractivity contribution is 6.04. The highest BCUT2D eigenvalue weighted by Gasteiger charge is 2.31. The molecule has 1 unspecified atom stereocenters. The summed E-state index contributed by atoms with van der Waals surface area (Å²) in [6.45, 7) is 3.63. The van der Waals surface area contributed by atoms with Crippen molar-refractivity contribution in [3.05, 3.63) is 38.9 Å². The van der Waals surface area contributed by atoms with Crippen molar-refractivity contribution in [2.75, 3.05) is 0 Å². The second-order valence-corrected chi connectivity index (χ2v) is 4.54. The van der Waals surface area contributed by atoms with Gasteiger partial charge in [-0.05, 0) is 31.0 Å². The third-order valence-electron chi connectivity index (χ3n) is 3.17. The molecule has 1 fully saturated rings. The van der Waals surface area contributed by atoms with Crippen LogP contribution in [0.25, 0.3) is 0 Å². The second-order valence-electron chi connectivity index (χ2n) is 4.54. The van der Waals surface area contributed by atoms with Gasteiger partial charge in [0, 0.05) is 18.1 Å². The van der Waals surface area contributed by atoms with Crippen molar-refractivity contribution in [3.63, 3.8) is 0 Å². The van der Waals surface area contributed by atoms with Crippen molar-refractivity contribution in [2.45, 2.75) is 26.3 Å². The fourth-order valence-corrected chi connectivity index (χ4v) is 2.02. The lowest BCUT2D eigenvalue weighted by molar-refractivity contribution is -0.385. The number of hydrogen-bond acceptors (Lipinski definition) is 4. The standard InChI is InChI=1S/C12H13N3O4/c1-6-3-8(10(15(18)19)4-7(6)2)5-9-11(16)14-12(17)13-9/h3-4,9H,5H2,1-2H3,(H2,13,14,16,17). The Balaban J connectivity index is 2.34. The first kappa shape index (κ1) is 13.0. The summed E-state index contributed by atoms with van der Waals surface area (Å²) >= 11 is 0. The molecular formula is C12H13N3O4. The van der Waals surface area contributed by atoms with E-state index in [1.54, 1.807) is 13.0 Å². The van der Waals surface area contributed by atoms with Gasteiger partial charge >= 0.3 is 6.03 Å². The molecule has 0 aliphatic carbocycles. The molecule has 1 aromatic carbocycles. The maximum atomic E-state index is 11.5. The van der Waals surface area contributed by atoms with Crippen LogP contribution in [0.1, 0.15) is 16.7 Å². The minimum atomic E-state index is -0.756. The van der Waals surface area contributed by atoms with E-state index in [-0.39, 0.29) is 12.1 Å². The summed E-state index contributed by atoms with van der Waals surface area (Å²) in [7, 11) is 0. The van der Waals surface area contributed by atoms with E-state index in [0.717, 1.165) is 11.1 Å². The molecule has 100 valence electrons. The third kappa shape index (κ3) is 2.54. The Hall–Kier alpha value is -2.44. The van der Waals surface area contributed by atoms with E-state index in [9.17, 15) is 19.7 Å². The number of amides is 3. The van der Waals surface area contributed by atoms with E-state index >= 15 is 0 Å². The lowest BCUT2D eigenvalue weighted by Gasteiger charge is -2.10. The molecule has 1 atom stereocenters. The van der Waals surface area contributed by atoms with Crippen LogP contribution in [0, 0.1) is 24.0 Å². The number of rotatable bonds is 3. The number of imide groups is 1. The van der Waals surface area contributed by atoms with Gasteiger partial charge in [-0.25, -0.2) is 4.79 Å². The molecule has 2 N–H and O–H groups in total. The van der Waals surface area contributed by atoms with Crippen LogP contribution in [0.2, 0.25) is 0 Å². The Bertz CT molecular complexity index is 583. The van der Waals surface area contributed by atoms with Crippen LogP contribution in [0.5, 0.6) is 0 Å². The summed E-state index contributed by atoms with van der Waals surface area (Å²) in [5.74, 6) is -0.461. The lowest BCUT2D eigenvalue weighted by atomic mass is 9.99. The van der Waals surface area contributed by atoms with Gasteiger partial charge in [0.15, 0.2) is 0 Å². The smallest absolute Gasteiger partial charge is 0.322 e. The summed E-state index contributed by atoms with van der Waals surface area (Å²) < 4.78 is 0. The Kier molecular flexibility index (Phi) is 3.20. The molecule has 0 saturated carbocycles. The Morgan fingerprint density at radius 3 is 2.42 bits per heavy atom. The number of urea groups is 1. The molecule has 0 radical (unpaired) electrons. The van der Waals surface area contributed by atoms with E-state index in [1.807, 2.05) is 6.92 Å². The second kappa shape index (κ2) is 4.68. The molecule has 2 rings (SSSR count). The number of carbonyl (C=O) groups excluding carboxylic acids is 2. The van der Waals surface area contributed by atoms with Crippen LogP contribution < -0.4 is 10.6 Å². The first-order valence-corrected chi connectivity index (χ1v) is 5.74. The highest BCUT2D eigenvalue weighted by Crippen LogP contribution is 2.24. The first-order chi connectivity index (χ1) is 8.88. The molecule has 1 aromatic rings. The zero-order valence-corrected chi connectivity index (χ0v) is 10.5. The predicted octanol–water partition coefficient (Wildman–Crippen LogP) is 0.962. The van der Waals surface area contributed by atoms with E-state index < -0.39 is 22.9 Å². The molecular weight excluding hydrogens is 250 g/mol. The van der Waals surface area contributed by atoms with Crippen LogP contribution in [0.4, 0.5) is 10.5 Å². The van der Waals surface area contributed by atoms with Crippen molar-refractivity contribution in [1.29, 1.82) is 0 Å². The summed E-state index contributed by atoms with van der Waals surface area (Å²) in [5.41, 5.74) is 2.13. The van der Waals surface area contributed by atoms with Crippen molar-refractivity contribution in [2.24, 2.45) is 0 Å². The summed E-state index contributed by atoms with van der Waals surface area (Å²) in [6.07, 6.45) is 0.106. The van der Waals surface area contributed by atoms with Crippen LogP contribution in [-0.4, -0.2) is 22.9 Å². The van der Waals surface area contributed by atoms with Gasteiger partial charge in [-0.1, -0.05) is 0 Å². The van der Waals surface area contributed by atoms with Gasteiger partial charge < -0.3 is 5.32 Å². The van der Waals surface area contributed by atoms with E-state index in [2.05, 4.69) is 10.6 Å². The van der Waals surface area contributed by atoms with Gasteiger partial charge in [-0.15, -0.1) is 0 Å². The Labute approximate surface area is 109 Å². The molecule has 7 nitrogen and oxygen atoms in total. The molecule has 1 heterocycles. The molecule has 0 spiro atoms. The maximum absolute atomic E-state index is 11.5. The molecule has 1 aliphatic heterocycles. The largest absolute Gasteiger partial charge is 0.326 e. The van der Waals surface area contributed by atoms with Gasteiger partial charge in [0.05, 0.1) is 4.92 Å². The topological polar surface area (TPSA) is 101 Å². The van der Waals surface area contributed by atoms with Gasteiger partial charge in [0.25, 0.3) is 11.6 Å². The van der Waals surface area contributed by atoms with Crippen LogP contribution in [0.3, 0.4) is 0 Å². The molecule has 1 saturated heterocycles. The molecule has 0 aromatic heterocycles. The van der Waals surface area contributed by atoms with Gasteiger partial charge in [-0.2, -0.15) is 0 Å². The average molecular weight is 263 g/mol. The summed E-state index contributed by atoms with van der Waals surface area (Å²) in [4.78, 5) is 33.0. The summed E-state index contributed by atoms with van der Waals surface area (Å²) in [5, 5.41) is 15.6. The Morgan fingerprint density at radius 2 is 1.89 bits per heavy atom. The predicted molar refractivity (Wildman–Crippen MR) is 66.7 cm³/mol. The number of hydrogen-bond donors (Lipinski definition) is 2. The lowest BCUT2D eigenvalue weighted by Crippen LogP contribution is -2.31. The zero-order valence-electron chi connectivity index (χ0n) is 10.5. The number of carbonyl (C=O) groups is 2. The number of nitrogens with zero attached hydrogens (tertiary/aromatic N) is 1. The maximum Gasteiger partial charge on any atom is 0.322 e. The summed E-state index contributed by atoms with van der Waals surface area (Å²) in [6, 6.07) is 1.85. The molecule has 0 bridgehead atoms. The average Bonchev–Trinajstić information content (AvgIpc) is 2.62. The number of benzene rings is 1. The molecule has 7 heteroatoms.